The second-order valence-electron chi connectivity index (χ2n) is 4.69. The van der Waals surface area contributed by atoms with Gasteiger partial charge in [-0.25, -0.2) is 0 Å². The lowest BCUT2D eigenvalue weighted by molar-refractivity contribution is -0.387. The van der Waals surface area contributed by atoms with Crippen LogP contribution in [0.25, 0.3) is 0 Å². The minimum atomic E-state index is -0.803. The number of nitro benzene ring substituents is 1. The van der Waals surface area contributed by atoms with Crippen molar-refractivity contribution in [3.8, 4) is 0 Å². The molecule has 0 spiro atoms. The molecule has 0 radical (unpaired) electrons. The summed E-state index contributed by atoms with van der Waals surface area (Å²) in [6, 6.07) is 11.8. The monoisotopic (exact) mass is 306 g/mol. The molecule has 4 nitrogen and oxygen atoms in total. The van der Waals surface area contributed by atoms with Gasteiger partial charge in [0.2, 0.25) is 5.82 Å². The summed E-state index contributed by atoms with van der Waals surface area (Å²) in [4.78, 5) is 10.9. The average Bonchev–Trinajstić information content (AvgIpc) is 2.45. The maximum atomic E-state index is 13.5. The zero-order valence-corrected chi connectivity index (χ0v) is 12.3. The van der Waals surface area contributed by atoms with Gasteiger partial charge in [-0.05, 0) is 36.2 Å². The number of rotatable bonds is 5. The highest BCUT2D eigenvalue weighted by molar-refractivity contribution is 7.98. The van der Waals surface area contributed by atoms with E-state index in [0.717, 1.165) is 10.5 Å². The van der Waals surface area contributed by atoms with Crippen molar-refractivity contribution in [2.45, 2.75) is 23.6 Å². The molecule has 0 fully saturated rings. The molecule has 0 aliphatic rings. The molecule has 6 heteroatoms. The minimum absolute atomic E-state index is 0.0395. The van der Waals surface area contributed by atoms with Crippen LogP contribution < -0.4 is 5.73 Å². The molecule has 2 N–H and O–H groups in total. The Bertz CT molecular complexity index is 662. The van der Waals surface area contributed by atoms with E-state index in [0.29, 0.717) is 11.3 Å². The second kappa shape index (κ2) is 6.69. The summed E-state index contributed by atoms with van der Waals surface area (Å²) in [5.74, 6) is -0.264. The van der Waals surface area contributed by atoms with Gasteiger partial charge in [0.15, 0.2) is 0 Å². The molecule has 0 aliphatic heterocycles. The van der Waals surface area contributed by atoms with Crippen molar-refractivity contribution in [1.82, 2.24) is 0 Å². The van der Waals surface area contributed by atoms with E-state index < -0.39 is 16.4 Å². The van der Waals surface area contributed by atoms with E-state index >= 15 is 0 Å². The number of nitro groups is 1. The third-order valence-corrected chi connectivity index (χ3v) is 4.06. The normalized spacial score (nSPS) is 12.1. The second-order valence-corrected chi connectivity index (χ2v) is 5.74. The fourth-order valence-electron chi connectivity index (χ4n) is 1.84. The third kappa shape index (κ3) is 4.03. The Morgan fingerprint density at radius 1 is 1.33 bits per heavy atom. The summed E-state index contributed by atoms with van der Waals surface area (Å²) in [7, 11) is 0. The lowest BCUT2D eigenvalue weighted by Crippen LogP contribution is -2.04. The molecule has 0 amide bonds. The molecule has 0 saturated heterocycles. The molecular formula is C15H15FN2O2S. The Balaban J connectivity index is 2.08. The summed E-state index contributed by atoms with van der Waals surface area (Å²) in [6.45, 7) is 1.91. The Morgan fingerprint density at radius 2 is 2.10 bits per heavy atom. The molecule has 0 aliphatic carbocycles. The van der Waals surface area contributed by atoms with Crippen molar-refractivity contribution < 1.29 is 9.31 Å². The lowest BCUT2D eigenvalue weighted by atomic mass is 10.1. The zero-order chi connectivity index (χ0) is 15.4. The zero-order valence-electron chi connectivity index (χ0n) is 11.5. The van der Waals surface area contributed by atoms with Gasteiger partial charge in [0.05, 0.1) is 4.92 Å². The van der Waals surface area contributed by atoms with Gasteiger partial charge in [0.25, 0.3) is 0 Å². The fourth-order valence-corrected chi connectivity index (χ4v) is 2.75. The van der Waals surface area contributed by atoms with E-state index in [1.165, 1.54) is 23.9 Å². The molecule has 0 saturated carbocycles. The quantitative estimate of drug-likeness (QED) is 0.514. The summed E-state index contributed by atoms with van der Waals surface area (Å²) in [6.07, 6.45) is 0. The van der Waals surface area contributed by atoms with Crippen LogP contribution in [0, 0.1) is 15.9 Å². The molecule has 1 unspecified atom stereocenters. The minimum Gasteiger partial charge on any atom is -0.324 e. The molecule has 1 atom stereocenters. The van der Waals surface area contributed by atoms with Crippen LogP contribution in [0.5, 0.6) is 0 Å². The Kier molecular flexibility index (Phi) is 4.93. The highest BCUT2D eigenvalue weighted by atomic mass is 32.2. The van der Waals surface area contributed by atoms with Crippen molar-refractivity contribution in [3.05, 3.63) is 69.5 Å². The Labute approximate surface area is 126 Å². The number of hydrogen-bond donors (Lipinski definition) is 1. The lowest BCUT2D eigenvalue weighted by Gasteiger charge is -2.08. The molecule has 2 aromatic rings. The summed E-state index contributed by atoms with van der Waals surface area (Å²) in [5, 5.41) is 10.6. The van der Waals surface area contributed by atoms with Crippen LogP contribution in [-0.2, 0) is 5.75 Å². The molecule has 0 aromatic heterocycles. The number of thioether (sulfide) groups is 1. The van der Waals surface area contributed by atoms with Crippen LogP contribution in [0.2, 0.25) is 0 Å². The molecule has 0 heterocycles. The van der Waals surface area contributed by atoms with E-state index in [1.54, 1.807) is 6.07 Å². The average molecular weight is 306 g/mol. The van der Waals surface area contributed by atoms with Gasteiger partial charge in [-0.2, -0.15) is 4.39 Å². The number of nitrogens with zero attached hydrogens (tertiary/aromatic N) is 1. The van der Waals surface area contributed by atoms with Gasteiger partial charge < -0.3 is 5.73 Å². The maximum Gasteiger partial charge on any atom is 0.304 e. The third-order valence-electron chi connectivity index (χ3n) is 3.00. The fraction of sp³-hybridized carbons (Fsp3) is 0.200. The first-order valence-corrected chi connectivity index (χ1v) is 7.37. The SMILES string of the molecule is CC(N)c1cccc(SCc2ccc([N+](=O)[O-])c(F)c2)c1. The van der Waals surface area contributed by atoms with E-state index in [4.69, 9.17) is 5.73 Å². The number of nitrogens with two attached hydrogens (primary N) is 1. The number of hydrogen-bond acceptors (Lipinski definition) is 4. The summed E-state index contributed by atoms with van der Waals surface area (Å²) in [5.41, 5.74) is 7.07. The first-order chi connectivity index (χ1) is 9.97. The van der Waals surface area contributed by atoms with E-state index in [9.17, 15) is 14.5 Å². The van der Waals surface area contributed by atoms with Crippen molar-refractivity contribution >= 4 is 17.4 Å². The van der Waals surface area contributed by atoms with Crippen LogP contribution in [0.3, 0.4) is 0 Å². The van der Waals surface area contributed by atoms with Gasteiger partial charge in [0.1, 0.15) is 0 Å². The topological polar surface area (TPSA) is 69.2 Å². The van der Waals surface area contributed by atoms with Crippen LogP contribution in [0.15, 0.2) is 47.4 Å². The Morgan fingerprint density at radius 3 is 2.71 bits per heavy atom. The standard InChI is InChI=1S/C15H15FN2O2S/c1-10(17)12-3-2-4-13(8-12)21-9-11-5-6-15(18(19)20)14(16)7-11/h2-8,10H,9,17H2,1H3. The smallest absolute Gasteiger partial charge is 0.304 e. The summed E-state index contributed by atoms with van der Waals surface area (Å²) < 4.78 is 13.5. The molecule has 2 aromatic carbocycles. The first kappa shape index (κ1) is 15.5. The Hall–Kier alpha value is -1.92. The maximum absolute atomic E-state index is 13.5. The van der Waals surface area contributed by atoms with Crippen molar-refractivity contribution in [2.75, 3.05) is 0 Å². The number of benzene rings is 2. The molecular weight excluding hydrogens is 291 g/mol. The molecule has 21 heavy (non-hydrogen) atoms. The molecule has 0 bridgehead atoms. The van der Waals surface area contributed by atoms with Gasteiger partial charge in [0, 0.05) is 22.8 Å². The van der Waals surface area contributed by atoms with E-state index in [2.05, 4.69) is 0 Å². The van der Waals surface area contributed by atoms with Crippen molar-refractivity contribution in [1.29, 1.82) is 0 Å². The first-order valence-electron chi connectivity index (χ1n) is 6.38. The van der Waals surface area contributed by atoms with Crippen LogP contribution in [0.1, 0.15) is 24.1 Å². The molecule has 2 rings (SSSR count). The van der Waals surface area contributed by atoms with Crippen LogP contribution in [-0.4, -0.2) is 4.92 Å². The predicted octanol–water partition coefficient (Wildman–Crippen LogP) is 4.05. The van der Waals surface area contributed by atoms with E-state index in [-0.39, 0.29) is 6.04 Å². The van der Waals surface area contributed by atoms with Crippen molar-refractivity contribution in [3.63, 3.8) is 0 Å². The highest BCUT2D eigenvalue weighted by Gasteiger charge is 2.13. The van der Waals surface area contributed by atoms with Gasteiger partial charge in [-0.3, -0.25) is 10.1 Å². The van der Waals surface area contributed by atoms with Crippen LogP contribution >= 0.6 is 11.8 Å². The predicted molar refractivity (Wildman–Crippen MR) is 81.7 cm³/mol. The van der Waals surface area contributed by atoms with E-state index in [1.807, 2.05) is 31.2 Å². The number of halogens is 1. The van der Waals surface area contributed by atoms with Gasteiger partial charge in [-0.1, -0.05) is 18.2 Å². The van der Waals surface area contributed by atoms with Gasteiger partial charge in [-0.15, -0.1) is 11.8 Å². The largest absolute Gasteiger partial charge is 0.324 e. The molecule has 110 valence electrons. The highest BCUT2D eigenvalue weighted by Crippen LogP contribution is 2.27. The van der Waals surface area contributed by atoms with Gasteiger partial charge >= 0.3 is 5.69 Å². The van der Waals surface area contributed by atoms with Crippen LogP contribution in [0.4, 0.5) is 10.1 Å². The van der Waals surface area contributed by atoms with Crippen molar-refractivity contribution in [2.24, 2.45) is 5.73 Å². The summed E-state index contributed by atoms with van der Waals surface area (Å²) >= 11 is 1.54.